The van der Waals surface area contributed by atoms with Crippen molar-refractivity contribution in [2.45, 2.75) is 161 Å². The SMILES string of the molecule is CC(C)[C@@H]1NC(=O)[C@]2(C)CSC(=N2)c2csc(n2)CNC(=O)C[C@@H](/C=C/CCS)OC1=O.CCCCCCCC(=O)SCC/C=C/[C@@H]1CC(=O)NCc2nc(cs2)C2=N[C@@](C)(CS2)C(=O)N[C@@H](C(C)C)C(=O)O1. The van der Waals surface area contributed by atoms with Crippen LogP contribution in [0.2, 0.25) is 0 Å². The number of thiol groups is 1. The Morgan fingerprint density at radius 1 is 0.740 bits per heavy atom. The number of thioether (sulfide) groups is 3. The Kier molecular flexibility index (Phi) is 24.0. The van der Waals surface area contributed by atoms with E-state index >= 15 is 0 Å². The van der Waals surface area contributed by atoms with Crippen LogP contribution in [-0.4, -0.2) is 119 Å². The molecule has 73 heavy (non-hydrogen) atoms. The number of hydrogen-bond acceptors (Lipinski definition) is 19. The molecule has 6 rings (SSSR count). The molecule has 6 atom stereocenters. The maximum Gasteiger partial charge on any atom is 0.329 e. The number of carbonyl (C=O) groups is 7. The van der Waals surface area contributed by atoms with Crippen molar-refractivity contribution >= 4 is 121 Å². The highest BCUT2D eigenvalue weighted by Gasteiger charge is 2.43. The van der Waals surface area contributed by atoms with Crippen molar-refractivity contribution in [1.29, 1.82) is 0 Å². The van der Waals surface area contributed by atoms with Crippen LogP contribution in [0.5, 0.6) is 0 Å². The Balaban J connectivity index is 0.000000279. The molecule has 23 heteroatoms. The first-order valence-electron chi connectivity index (χ1n) is 24.8. The molecule has 4 aliphatic heterocycles. The van der Waals surface area contributed by atoms with Crippen molar-refractivity contribution in [2.75, 3.05) is 23.0 Å². The number of allylic oxidation sites excluding steroid dienone is 2. The third-order valence-electron chi connectivity index (χ3n) is 11.8. The summed E-state index contributed by atoms with van der Waals surface area (Å²) < 4.78 is 11.4. The monoisotopic (exact) mass is 1120 g/mol. The predicted octanol–water partition coefficient (Wildman–Crippen LogP) is 7.38. The molecule has 4 N–H and O–H groups in total. The standard InChI is InChI=1S/C29H42N4O5S3.C21H28N4O4S3/c1-5-6-7-8-9-13-24(35)39-14-11-10-12-20-15-22(34)30-16-23-31-21(17-40-23)26-33-29(4,18-41-26)28(37)32-25(19(2)3)27(36)38-20;1-12(2)17-19(27)29-13(6-4-5-7-30)8-15(26)22-9-16-23-14(10-31-16)18-25-21(3,11-32-18)20(28)24-17/h10,12,17,19-20,25H,5-9,11,13-16,18H2,1-4H3,(H,30,34)(H,32,37);4,6,10,12-13,17,30H,5,7-9,11H2,1-3H3,(H,22,26)(H,24,28)/b12-10+;6-4+/t20-,25+,29+;13-,17+,21+/m11/s1. The topological polar surface area (TPSA) is 237 Å². The van der Waals surface area contributed by atoms with Gasteiger partial charge in [-0.1, -0.05) is 84.2 Å². The molecule has 6 heterocycles. The van der Waals surface area contributed by atoms with E-state index in [0.717, 1.165) is 22.9 Å². The lowest BCUT2D eigenvalue weighted by Crippen LogP contribution is -2.53. The molecule has 4 amide bonds. The number of hydrogen-bond donors (Lipinski definition) is 5. The zero-order chi connectivity index (χ0) is 53.1. The summed E-state index contributed by atoms with van der Waals surface area (Å²) in [5.74, 6) is -0.706. The first kappa shape index (κ1) is 59.8. The third kappa shape index (κ3) is 18.6. The Morgan fingerprint density at radius 3 is 1.66 bits per heavy atom. The van der Waals surface area contributed by atoms with Gasteiger partial charge in [0.05, 0.1) is 25.9 Å². The molecular formula is C50H70N8O9S6. The van der Waals surface area contributed by atoms with Crippen LogP contribution in [0.4, 0.5) is 0 Å². The molecular weight excluding hydrogens is 1050 g/mol. The van der Waals surface area contributed by atoms with Gasteiger partial charge in [-0.15, -0.1) is 46.2 Å². The number of carbonyl (C=O) groups excluding carboxylic acids is 7. The van der Waals surface area contributed by atoms with Gasteiger partial charge < -0.3 is 30.7 Å². The maximum atomic E-state index is 13.3. The lowest BCUT2D eigenvalue weighted by atomic mass is 10.0. The highest BCUT2D eigenvalue weighted by molar-refractivity contribution is 8.15. The van der Waals surface area contributed by atoms with Gasteiger partial charge in [0.15, 0.2) is 5.12 Å². The maximum absolute atomic E-state index is 13.3. The van der Waals surface area contributed by atoms with Gasteiger partial charge in [-0.05, 0) is 62.9 Å². The van der Waals surface area contributed by atoms with Gasteiger partial charge in [-0.3, -0.25) is 34.0 Å². The molecule has 0 spiro atoms. The summed E-state index contributed by atoms with van der Waals surface area (Å²) in [7, 11) is 0. The first-order chi connectivity index (χ1) is 34.8. The van der Waals surface area contributed by atoms with Crippen molar-refractivity contribution < 1.29 is 43.0 Å². The van der Waals surface area contributed by atoms with Crippen molar-refractivity contribution in [3.05, 3.63) is 56.5 Å². The van der Waals surface area contributed by atoms with E-state index in [0.29, 0.717) is 63.7 Å². The minimum Gasteiger partial charge on any atom is -0.456 e. The average Bonchev–Trinajstić information content (AvgIpc) is 4.18. The Labute approximate surface area is 455 Å². The largest absolute Gasteiger partial charge is 0.456 e. The van der Waals surface area contributed by atoms with E-state index in [9.17, 15) is 33.6 Å². The summed E-state index contributed by atoms with van der Waals surface area (Å²) in [6.07, 6.45) is 12.9. The number of rotatable bonds is 15. The zero-order valence-corrected chi connectivity index (χ0v) is 47.7. The van der Waals surface area contributed by atoms with Crippen LogP contribution in [0.1, 0.15) is 134 Å². The van der Waals surface area contributed by atoms with Gasteiger partial charge in [0.1, 0.15) is 66.9 Å². The molecule has 0 saturated heterocycles. The van der Waals surface area contributed by atoms with E-state index in [4.69, 9.17) is 9.47 Å². The predicted molar refractivity (Wildman–Crippen MR) is 297 cm³/mol. The van der Waals surface area contributed by atoms with E-state index in [-0.39, 0.29) is 66.5 Å². The summed E-state index contributed by atoms with van der Waals surface area (Å²) in [5.41, 5.74) is -0.664. The Hall–Kier alpha value is -4.03. The quantitative estimate of drug-likeness (QED) is 0.0507. The highest BCUT2D eigenvalue weighted by atomic mass is 32.2. The summed E-state index contributed by atoms with van der Waals surface area (Å²) in [6.45, 7) is 13.5. The van der Waals surface area contributed by atoms with Crippen molar-refractivity contribution in [3.8, 4) is 0 Å². The van der Waals surface area contributed by atoms with Crippen LogP contribution < -0.4 is 21.3 Å². The van der Waals surface area contributed by atoms with E-state index in [1.807, 2.05) is 50.6 Å². The smallest absolute Gasteiger partial charge is 0.329 e. The molecule has 0 radical (unpaired) electrons. The normalized spacial score (nSPS) is 25.3. The number of unbranched alkanes of at least 4 members (excludes halogenated alkanes) is 4. The van der Waals surface area contributed by atoms with Gasteiger partial charge in [-0.25, -0.2) is 19.6 Å². The molecule has 2 aromatic rings. The molecule has 0 saturated carbocycles. The molecule has 400 valence electrons. The number of thiazole rings is 2. The van der Waals surface area contributed by atoms with Gasteiger partial charge in [0.2, 0.25) is 23.6 Å². The fraction of sp³-hybridized carbons (Fsp3) is 0.620. The second-order valence-corrected chi connectivity index (χ2v) is 24.5. The summed E-state index contributed by atoms with van der Waals surface area (Å²) in [4.78, 5) is 109. The summed E-state index contributed by atoms with van der Waals surface area (Å²) in [6, 6.07) is -1.75. The molecule has 4 aliphatic rings. The van der Waals surface area contributed by atoms with Crippen LogP contribution >= 0.6 is 70.6 Å². The highest BCUT2D eigenvalue weighted by Crippen LogP contribution is 2.34. The van der Waals surface area contributed by atoms with Gasteiger partial charge in [-0.2, -0.15) is 12.6 Å². The second kappa shape index (κ2) is 29.3. The average molecular weight is 1120 g/mol. The van der Waals surface area contributed by atoms with Crippen molar-refractivity contribution in [3.63, 3.8) is 0 Å². The Morgan fingerprint density at radius 2 is 1.21 bits per heavy atom. The molecule has 0 unspecified atom stereocenters. The minimum absolute atomic E-state index is 0.0217. The van der Waals surface area contributed by atoms with Crippen molar-refractivity contribution in [2.24, 2.45) is 21.8 Å². The van der Waals surface area contributed by atoms with Gasteiger partial charge in [0, 0.05) is 34.4 Å². The number of aromatic nitrogens is 2. The lowest BCUT2D eigenvalue weighted by molar-refractivity contribution is -0.154. The fourth-order valence-electron chi connectivity index (χ4n) is 7.42. The second-order valence-electron chi connectivity index (χ2n) is 19.1. The molecule has 2 aromatic heterocycles. The van der Waals surface area contributed by atoms with Crippen LogP contribution in [0, 0.1) is 11.8 Å². The van der Waals surface area contributed by atoms with E-state index in [1.54, 1.807) is 26.0 Å². The Bertz CT molecular complexity index is 2390. The first-order valence-corrected chi connectivity index (χ1v) is 30.2. The number of fused-ring (bicyclic) bond motifs is 8. The van der Waals surface area contributed by atoms with Crippen LogP contribution in [0.25, 0.3) is 0 Å². The summed E-state index contributed by atoms with van der Waals surface area (Å²) in [5, 5.41) is 18.1. The van der Waals surface area contributed by atoms with Gasteiger partial charge >= 0.3 is 11.9 Å². The lowest BCUT2D eigenvalue weighted by Gasteiger charge is -2.27. The van der Waals surface area contributed by atoms with E-state index < -0.39 is 47.3 Å². The fourth-order valence-corrected chi connectivity index (χ4v) is 12.2. The molecule has 17 nitrogen and oxygen atoms in total. The number of esters is 2. The van der Waals surface area contributed by atoms with E-state index in [1.165, 1.54) is 77.2 Å². The number of amides is 4. The number of cyclic esters (lactones) is 2. The zero-order valence-electron chi connectivity index (χ0n) is 42.7. The molecule has 0 aliphatic carbocycles. The third-order valence-corrected chi connectivity index (χ3v) is 17.3. The number of nitrogens with zero attached hydrogens (tertiary/aromatic N) is 4. The molecule has 0 aromatic carbocycles. The van der Waals surface area contributed by atoms with Crippen LogP contribution in [0.3, 0.4) is 0 Å². The molecule has 0 fully saturated rings. The van der Waals surface area contributed by atoms with Gasteiger partial charge in [0.25, 0.3) is 0 Å². The molecule has 8 bridgehead atoms. The number of ether oxygens (including phenoxy) is 2. The number of aliphatic imine (C=N–C) groups is 2. The minimum atomic E-state index is -1.04. The number of nitrogens with one attached hydrogen (secondary N) is 4. The van der Waals surface area contributed by atoms with Crippen molar-refractivity contribution in [1.82, 2.24) is 31.2 Å². The van der Waals surface area contributed by atoms with E-state index in [2.05, 4.69) is 60.8 Å². The van der Waals surface area contributed by atoms with Crippen LogP contribution in [0.15, 0.2) is 45.0 Å². The van der Waals surface area contributed by atoms with Crippen LogP contribution in [-0.2, 0) is 56.1 Å². The summed E-state index contributed by atoms with van der Waals surface area (Å²) >= 11 is 11.2.